The number of nitrogens with zero attached hydrogens (tertiary/aromatic N) is 1. The molecule has 0 atom stereocenters. The van der Waals surface area contributed by atoms with Crippen molar-refractivity contribution in [3.63, 3.8) is 0 Å². The van der Waals surface area contributed by atoms with Gasteiger partial charge in [0.1, 0.15) is 0 Å². The molecule has 4 fully saturated rings. The summed E-state index contributed by atoms with van der Waals surface area (Å²) in [5.74, 6) is 3.17. The van der Waals surface area contributed by atoms with Gasteiger partial charge in [-0.3, -0.25) is 0 Å². The largest absolute Gasteiger partial charge is 0.310 e. The molecular weight excluding hydrogens is 759 g/mol. The third-order valence-electron chi connectivity index (χ3n) is 17.8. The second-order valence-corrected chi connectivity index (χ2v) is 20.7. The molecule has 4 bridgehead atoms. The first-order valence-electron chi connectivity index (χ1n) is 23.7. The number of anilines is 3. The maximum absolute atomic E-state index is 2.62. The van der Waals surface area contributed by atoms with Crippen molar-refractivity contribution in [3.05, 3.63) is 220 Å². The standard InChI is InChI=1S/C62H49N/c1-60(2)52-27-15-28-53-57(52)58-54(60)35-42(36-55(58)62(53)50-25-11-6-18-43(50)44-19-7-12-26-51(44)62)63(41-16-4-3-5-17-41)56-29-13-9-21-46(56)48-23-14-22-47-45-20-8-10-24-49(45)61(59(47)48)39-31-37-30-38(33-39)34-40(61)32-37/h3-29,35-40H,30-34H2,1-2H3. The zero-order chi connectivity index (χ0) is 41.4. The Morgan fingerprint density at radius 1 is 0.381 bits per heavy atom. The van der Waals surface area contributed by atoms with Crippen molar-refractivity contribution in [3.8, 4) is 44.5 Å². The molecule has 8 aliphatic rings. The van der Waals surface area contributed by atoms with Crippen molar-refractivity contribution in [2.75, 3.05) is 4.90 Å². The van der Waals surface area contributed by atoms with Crippen molar-refractivity contribution in [2.45, 2.75) is 62.2 Å². The molecule has 1 nitrogen and oxygen atoms in total. The van der Waals surface area contributed by atoms with Gasteiger partial charge < -0.3 is 4.90 Å². The lowest BCUT2D eigenvalue weighted by atomic mass is 9.42. The zero-order valence-electron chi connectivity index (χ0n) is 36.0. The molecule has 16 rings (SSSR count). The average molecular weight is 808 g/mol. The quantitative estimate of drug-likeness (QED) is 0.171. The fourth-order valence-electron chi connectivity index (χ4n) is 15.9. The summed E-state index contributed by atoms with van der Waals surface area (Å²) < 4.78 is 0. The van der Waals surface area contributed by atoms with Crippen LogP contribution in [0.15, 0.2) is 176 Å². The average Bonchev–Trinajstić information content (AvgIpc) is 3.98. The Labute approximate surface area is 371 Å². The molecule has 0 N–H and O–H groups in total. The van der Waals surface area contributed by atoms with Crippen LogP contribution in [0.25, 0.3) is 44.5 Å². The normalized spacial score (nSPS) is 24.3. The Morgan fingerprint density at radius 2 is 0.857 bits per heavy atom. The molecule has 8 aliphatic carbocycles. The van der Waals surface area contributed by atoms with Gasteiger partial charge in [0.2, 0.25) is 0 Å². The predicted octanol–water partition coefficient (Wildman–Crippen LogP) is 15.5. The van der Waals surface area contributed by atoms with E-state index in [1.54, 1.807) is 11.1 Å². The minimum atomic E-state index is -0.408. The molecule has 2 spiro atoms. The van der Waals surface area contributed by atoms with E-state index in [9.17, 15) is 0 Å². The first-order valence-corrected chi connectivity index (χ1v) is 23.7. The zero-order valence-corrected chi connectivity index (χ0v) is 36.0. The molecule has 8 aromatic rings. The summed E-state index contributed by atoms with van der Waals surface area (Å²) in [4.78, 5) is 2.62. The van der Waals surface area contributed by atoms with Gasteiger partial charge in [-0.1, -0.05) is 159 Å². The SMILES string of the molecule is CC1(C)c2cccc3c2-c2c1cc(N(c1ccccc1)c1ccccc1-c1cccc4c1C1(c5ccccc5-4)C4CC5CC(C4)CC1C5)cc2C31c2ccccc2-c2ccccc21. The summed E-state index contributed by atoms with van der Waals surface area (Å²) in [5, 5.41) is 0. The van der Waals surface area contributed by atoms with E-state index >= 15 is 0 Å². The summed E-state index contributed by atoms with van der Waals surface area (Å²) in [5.41, 5.74) is 26.2. The molecule has 0 unspecified atom stereocenters. The van der Waals surface area contributed by atoms with Crippen LogP contribution in [0.2, 0.25) is 0 Å². The molecule has 4 saturated carbocycles. The second kappa shape index (κ2) is 12.0. The van der Waals surface area contributed by atoms with Gasteiger partial charge in [0.25, 0.3) is 0 Å². The highest BCUT2D eigenvalue weighted by atomic mass is 15.1. The fraction of sp³-hybridized carbons (Fsp3) is 0.226. The Morgan fingerprint density at radius 3 is 1.54 bits per heavy atom. The van der Waals surface area contributed by atoms with Gasteiger partial charge in [0.05, 0.1) is 11.1 Å². The van der Waals surface area contributed by atoms with Gasteiger partial charge in [0, 0.05) is 27.8 Å². The Bertz CT molecular complexity index is 3220. The smallest absolute Gasteiger partial charge is 0.0726 e. The van der Waals surface area contributed by atoms with Gasteiger partial charge in [0.15, 0.2) is 0 Å². The minimum Gasteiger partial charge on any atom is -0.310 e. The van der Waals surface area contributed by atoms with E-state index < -0.39 is 5.41 Å². The number of hydrogen-bond donors (Lipinski definition) is 0. The van der Waals surface area contributed by atoms with E-state index in [2.05, 4.69) is 195 Å². The minimum absolute atomic E-state index is 0.0578. The highest BCUT2D eigenvalue weighted by molar-refractivity contribution is 6.02. The van der Waals surface area contributed by atoms with Crippen LogP contribution in [-0.2, 0) is 16.2 Å². The van der Waals surface area contributed by atoms with E-state index in [-0.39, 0.29) is 10.8 Å². The number of rotatable bonds is 4. The lowest BCUT2D eigenvalue weighted by Gasteiger charge is -2.61. The van der Waals surface area contributed by atoms with Crippen molar-refractivity contribution in [1.29, 1.82) is 0 Å². The van der Waals surface area contributed by atoms with Crippen LogP contribution in [0.1, 0.15) is 90.5 Å². The number of hydrogen-bond acceptors (Lipinski definition) is 1. The summed E-state index contributed by atoms with van der Waals surface area (Å²) in [6.07, 6.45) is 6.95. The van der Waals surface area contributed by atoms with Crippen molar-refractivity contribution < 1.29 is 0 Å². The molecule has 63 heavy (non-hydrogen) atoms. The summed E-state index contributed by atoms with van der Waals surface area (Å²) in [7, 11) is 0. The molecule has 0 heterocycles. The van der Waals surface area contributed by atoms with Crippen LogP contribution in [0.5, 0.6) is 0 Å². The number of benzene rings is 8. The van der Waals surface area contributed by atoms with Gasteiger partial charge in [-0.15, -0.1) is 0 Å². The van der Waals surface area contributed by atoms with Gasteiger partial charge in [-0.05, 0) is 170 Å². The number of fused-ring (bicyclic) bond motifs is 10. The molecule has 0 saturated heterocycles. The Balaban J connectivity index is 1.01. The molecular formula is C62H49N. The lowest BCUT2D eigenvalue weighted by Crippen LogP contribution is -2.55. The molecule has 0 aromatic heterocycles. The van der Waals surface area contributed by atoms with Gasteiger partial charge >= 0.3 is 0 Å². The molecule has 0 amide bonds. The molecule has 1 heteroatoms. The first kappa shape index (κ1) is 35.1. The Hall–Kier alpha value is -6.44. The van der Waals surface area contributed by atoms with Gasteiger partial charge in [-0.25, -0.2) is 0 Å². The summed E-state index contributed by atoms with van der Waals surface area (Å²) >= 11 is 0. The Kier molecular flexibility index (Phi) is 6.66. The maximum Gasteiger partial charge on any atom is 0.0726 e. The molecule has 302 valence electrons. The highest BCUT2D eigenvalue weighted by Gasteiger charge is 2.62. The fourth-order valence-corrected chi connectivity index (χ4v) is 15.9. The van der Waals surface area contributed by atoms with E-state index in [4.69, 9.17) is 0 Å². The molecule has 0 radical (unpaired) electrons. The van der Waals surface area contributed by atoms with Crippen molar-refractivity contribution in [2.24, 2.45) is 23.7 Å². The molecule has 0 aliphatic heterocycles. The van der Waals surface area contributed by atoms with E-state index in [0.717, 1.165) is 11.8 Å². The maximum atomic E-state index is 2.62. The van der Waals surface area contributed by atoms with E-state index in [1.807, 2.05) is 0 Å². The van der Waals surface area contributed by atoms with Crippen LogP contribution in [0.4, 0.5) is 17.1 Å². The van der Waals surface area contributed by atoms with Crippen LogP contribution >= 0.6 is 0 Å². The van der Waals surface area contributed by atoms with E-state index in [1.165, 1.54) is 127 Å². The monoisotopic (exact) mass is 807 g/mol. The summed E-state index contributed by atoms with van der Waals surface area (Å²) in [6, 6.07) is 68.4. The second-order valence-electron chi connectivity index (χ2n) is 20.7. The highest BCUT2D eigenvalue weighted by Crippen LogP contribution is 2.72. The van der Waals surface area contributed by atoms with Gasteiger partial charge in [-0.2, -0.15) is 0 Å². The van der Waals surface area contributed by atoms with Crippen LogP contribution < -0.4 is 4.90 Å². The predicted molar refractivity (Wildman–Crippen MR) is 258 cm³/mol. The van der Waals surface area contributed by atoms with Crippen LogP contribution in [0, 0.1) is 23.7 Å². The van der Waals surface area contributed by atoms with Crippen LogP contribution in [-0.4, -0.2) is 0 Å². The van der Waals surface area contributed by atoms with Crippen molar-refractivity contribution >= 4 is 17.1 Å². The van der Waals surface area contributed by atoms with Crippen LogP contribution in [0.3, 0.4) is 0 Å². The number of para-hydroxylation sites is 2. The van der Waals surface area contributed by atoms with E-state index in [0.29, 0.717) is 11.8 Å². The topological polar surface area (TPSA) is 3.24 Å². The molecule has 8 aromatic carbocycles. The third kappa shape index (κ3) is 4.08. The van der Waals surface area contributed by atoms with Crippen molar-refractivity contribution in [1.82, 2.24) is 0 Å². The lowest BCUT2D eigenvalue weighted by molar-refractivity contribution is -0.0397. The first-order chi connectivity index (χ1) is 31.0. The third-order valence-corrected chi connectivity index (χ3v) is 17.8. The summed E-state index contributed by atoms with van der Waals surface area (Å²) in [6.45, 7) is 4.92.